The Balaban J connectivity index is 1.92. The van der Waals surface area contributed by atoms with Gasteiger partial charge in [0.15, 0.2) is 0 Å². The molecule has 1 amide bonds. The fourth-order valence-electron chi connectivity index (χ4n) is 1.02. The third-order valence-corrected chi connectivity index (χ3v) is 2.40. The molecule has 0 aliphatic rings. The summed E-state index contributed by atoms with van der Waals surface area (Å²) in [4.78, 5) is 15.5. The lowest BCUT2D eigenvalue weighted by molar-refractivity contribution is 0.0949. The molecule has 0 aliphatic carbocycles. The van der Waals surface area contributed by atoms with E-state index in [0.29, 0.717) is 11.6 Å². The third kappa shape index (κ3) is 2.57. The van der Waals surface area contributed by atoms with Crippen molar-refractivity contribution in [3.05, 3.63) is 40.6 Å². The number of hydrogen-bond donors (Lipinski definition) is 1. The van der Waals surface area contributed by atoms with Crippen molar-refractivity contribution in [2.75, 3.05) is 0 Å². The van der Waals surface area contributed by atoms with Crippen molar-refractivity contribution in [1.29, 1.82) is 0 Å². The highest BCUT2D eigenvalue weighted by molar-refractivity contribution is 7.11. The van der Waals surface area contributed by atoms with Gasteiger partial charge in [0.2, 0.25) is 5.01 Å². The molecule has 0 saturated heterocycles. The number of amides is 1. The van der Waals surface area contributed by atoms with Crippen molar-refractivity contribution < 1.29 is 4.79 Å². The van der Waals surface area contributed by atoms with E-state index in [-0.39, 0.29) is 5.91 Å². The highest BCUT2D eigenvalue weighted by Crippen LogP contribution is 2.01. The molecule has 2 aromatic rings. The van der Waals surface area contributed by atoms with Crippen molar-refractivity contribution >= 4 is 17.2 Å². The van der Waals surface area contributed by atoms with Crippen LogP contribution in [0.5, 0.6) is 0 Å². The van der Waals surface area contributed by atoms with Crippen LogP contribution in [0.1, 0.15) is 15.5 Å². The summed E-state index contributed by atoms with van der Waals surface area (Å²) in [7, 11) is 0. The molecular formula is C9H8N4OS. The van der Waals surface area contributed by atoms with E-state index in [1.807, 2.05) is 18.2 Å². The highest BCUT2D eigenvalue weighted by Gasteiger charge is 2.08. The number of carbonyl (C=O) groups is 1. The van der Waals surface area contributed by atoms with Gasteiger partial charge in [0.05, 0.1) is 12.2 Å². The minimum Gasteiger partial charge on any atom is -0.344 e. The van der Waals surface area contributed by atoms with Crippen LogP contribution in [0.2, 0.25) is 0 Å². The Hall–Kier alpha value is -1.82. The van der Waals surface area contributed by atoms with Gasteiger partial charge >= 0.3 is 0 Å². The van der Waals surface area contributed by atoms with Crippen LogP contribution in [0.3, 0.4) is 0 Å². The van der Waals surface area contributed by atoms with Crippen molar-refractivity contribution in [2.45, 2.75) is 6.54 Å². The average molecular weight is 220 g/mol. The molecule has 2 aromatic heterocycles. The minimum absolute atomic E-state index is 0.219. The number of pyridine rings is 1. The van der Waals surface area contributed by atoms with Crippen LogP contribution in [0.4, 0.5) is 0 Å². The van der Waals surface area contributed by atoms with Gasteiger partial charge in [-0.25, -0.2) is 0 Å². The van der Waals surface area contributed by atoms with E-state index >= 15 is 0 Å². The Morgan fingerprint density at radius 2 is 2.40 bits per heavy atom. The molecule has 0 saturated carbocycles. The lowest BCUT2D eigenvalue weighted by Crippen LogP contribution is -2.23. The predicted octanol–water partition coefficient (Wildman–Crippen LogP) is 0.863. The molecule has 0 bridgehead atoms. The highest BCUT2D eigenvalue weighted by atomic mass is 32.1. The van der Waals surface area contributed by atoms with E-state index in [2.05, 4.69) is 20.5 Å². The van der Waals surface area contributed by atoms with Crippen LogP contribution in [-0.2, 0) is 6.54 Å². The van der Waals surface area contributed by atoms with Crippen LogP contribution in [0, 0.1) is 0 Å². The van der Waals surface area contributed by atoms with E-state index in [0.717, 1.165) is 5.69 Å². The van der Waals surface area contributed by atoms with Gasteiger partial charge in [-0.3, -0.25) is 9.78 Å². The second-order valence-corrected chi connectivity index (χ2v) is 3.58. The topological polar surface area (TPSA) is 67.8 Å². The number of rotatable bonds is 3. The van der Waals surface area contributed by atoms with Crippen LogP contribution in [0.15, 0.2) is 29.9 Å². The SMILES string of the molecule is O=C(NCc1ccccn1)c1nncs1. The summed E-state index contributed by atoms with van der Waals surface area (Å²) in [6.45, 7) is 0.402. The van der Waals surface area contributed by atoms with Gasteiger partial charge in [-0.15, -0.1) is 10.2 Å². The summed E-state index contributed by atoms with van der Waals surface area (Å²) in [5.74, 6) is -0.219. The molecule has 15 heavy (non-hydrogen) atoms. The number of aromatic nitrogens is 3. The van der Waals surface area contributed by atoms with Crippen LogP contribution < -0.4 is 5.32 Å². The van der Waals surface area contributed by atoms with Crippen molar-refractivity contribution in [1.82, 2.24) is 20.5 Å². The summed E-state index contributed by atoms with van der Waals surface area (Å²) < 4.78 is 0. The Labute approximate surface area is 90.2 Å². The number of nitrogens with one attached hydrogen (secondary N) is 1. The second-order valence-electron chi connectivity index (χ2n) is 2.75. The smallest absolute Gasteiger partial charge is 0.282 e. The molecule has 0 atom stereocenters. The summed E-state index contributed by atoms with van der Waals surface area (Å²) >= 11 is 1.21. The molecule has 6 heteroatoms. The Morgan fingerprint density at radius 3 is 3.07 bits per heavy atom. The monoisotopic (exact) mass is 220 g/mol. The van der Waals surface area contributed by atoms with Crippen LogP contribution in [0.25, 0.3) is 0 Å². The van der Waals surface area contributed by atoms with E-state index in [9.17, 15) is 4.79 Å². The van der Waals surface area contributed by atoms with Crippen molar-refractivity contribution in [2.24, 2.45) is 0 Å². The van der Waals surface area contributed by atoms with Gasteiger partial charge in [-0.2, -0.15) is 0 Å². The zero-order valence-corrected chi connectivity index (χ0v) is 8.57. The van der Waals surface area contributed by atoms with Gasteiger partial charge in [-0.1, -0.05) is 17.4 Å². The molecule has 0 spiro atoms. The van der Waals surface area contributed by atoms with Gasteiger partial charge in [0.25, 0.3) is 5.91 Å². The fourth-order valence-corrected chi connectivity index (χ4v) is 1.49. The second kappa shape index (κ2) is 4.61. The molecule has 1 N–H and O–H groups in total. The van der Waals surface area contributed by atoms with Crippen LogP contribution in [-0.4, -0.2) is 21.1 Å². The molecule has 0 radical (unpaired) electrons. The summed E-state index contributed by atoms with van der Waals surface area (Å²) in [5, 5.41) is 10.3. The number of hydrogen-bond acceptors (Lipinski definition) is 5. The lowest BCUT2D eigenvalue weighted by Gasteiger charge is -2.00. The van der Waals surface area contributed by atoms with Crippen LogP contribution >= 0.6 is 11.3 Å². The van der Waals surface area contributed by atoms with Gasteiger partial charge in [0.1, 0.15) is 5.51 Å². The first-order valence-electron chi connectivity index (χ1n) is 4.30. The Morgan fingerprint density at radius 1 is 1.47 bits per heavy atom. The molecule has 0 fully saturated rings. The Kier molecular flexibility index (Phi) is 2.99. The molecule has 2 heterocycles. The summed E-state index contributed by atoms with van der Waals surface area (Å²) in [6.07, 6.45) is 1.69. The first-order chi connectivity index (χ1) is 7.36. The number of nitrogens with zero attached hydrogens (tertiary/aromatic N) is 3. The maximum atomic E-state index is 11.4. The first-order valence-corrected chi connectivity index (χ1v) is 5.18. The van der Waals surface area contributed by atoms with E-state index in [1.165, 1.54) is 16.8 Å². The molecule has 76 valence electrons. The largest absolute Gasteiger partial charge is 0.344 e. The van der Waals surface area contributed by atoms with Crippen molar-refractivity contribution in [3.8, 4) is 0 Å². The van der Waals surface area contributed by atoms with Gasteiger partial charge in [0, 0.05) is 6.20 Å². The zero-order chi connectivity index (χ0) is 10.5. The molecule has 0 aliphatic heterocycles. The standard InChI is InChI=1S/C9H8N4OS/c14-8(9-13-12-6-15-9)11-5-7-3-1-2-4-10-7/h1-4,6H,5H2,(H,11,14). The molecule has 5 nitrogen and oxygen atoms in total. The summed E-state index contributed by atoms with van der Waals surface area (Å²) in [6, 6.07) is 5.55. The maximum absolute atomic E-state index is 11.4. The van der Waals surface area contributed by atoms with E-state index < -0.39 is 0 Å². The van der Waals surface area contributed by atoms with Gasteiger partial charge < -0.3 is 5.32 Å². The normalized spacial score (nSPS) is 9.87. The number of carbonyl (C=O) groups excluding carboxylic acids is 1. The molecule has 2 rings (SSSR count). The van der Waals surface area contributed by atoms with Gasteiger partial charge in [-0.05, 0) is 12.1 Å². The third-order valence-electron chi connectivity index (χ3n) is 1.71. The average Bonchev–Trinajstić information content (AvgIpc) is 2.81. The van der Waals surface area contributed by atoms with E-state index in [4.69, 9.17) is 0 Å². The minimum atomic E-state index is -0.219. The molecule has 0 aromatic carbocycles. The van der Waals surface area contributed by atoms with E-state index in [1.54, 1.807) is 6.20 Å². The molecular weight excluding hydrogens is 212 g/mol. The quantitative estimate of drug-likeness (QED) is 0.833. The van der Waals surface area contributed by atoms with Crippen molar-refractivity contribution in [3.63, 3.8) is 0 Å². The summed E-state index contributed by atoms with van der Waals surface area (Å²) in [5.41, 5.74) is 2.34. The molecule has 0 unspecified atom stereocenters. The lowest BCUT2D eigenvalue weighted by atomic mass is 10.3. The maximum Gasteiger partial charge on any atom is 0.282 e. The fraction of sp³-hybridized carbons (Fsp3) is 0.111. The Bertz CT molecular complexity index is 429. The predicted molar refractivity (Wildman–Crippen MR) is 55.3 cm³/mol. The zero-order valence-electron chi connectivity index (χ0n) is 7.75. The first kappa shape index (κ1) is 9.72.